The fourth-order valence-electron chi connectivity index (χ4n) is 3.32. The highest BCUT2D eigenvalue weighted by Crippen LogP contribution is 2.19. The molecule has 0 N–H and O–H groups in total. The van der Waals surface area contributed by atoms with E-state index in [9.17, 15) is 13.2 Å². The highest BCUT2D eigenvalue weighted by Gasteiger charge is 2.33. The van der Waals surface area contributed by atoms with Crippen LogP contribution in [0.3, 0.4) is 0 Å². The molecule has 0 saturated carbocycles. The third-order valence-electron chi connectivity index (χ3n) is 4.83. The number of aromatic nitrogens is 2. The quantitative estimate of drug-likeness (QED) is 0.810. The number of rotatable bonds is 3. The zero-order chi connectivity index (χ0) is 17.2. The van der Waals surface area contributed by atoms with Crippen molar-refractivity contribution in [3.05, 3.63) is 18.0 Å². The van der Waals surface area contributed by atoms with Gasteiger partial charge < -0.3 is 9.80 Å². The largest absolute Gasteiger partial charge is 0.341 e. The molecular weight excluding hydrogens is 328 g/mol. The second kappa shape index (κ2) is 7.04. The van der Waals surface area contributed by atoms with Gasteiger partial charge in [0.2, 0.25) is 5.95 Å². The minimum Gasteiger partial charge on any atom is -0.341 e. The van der Waals surface area contributed by atoms with Gasteiger partial charge in [-0.1, -0.05) is 12.8 Å². The van der Waals surface area contributed by atoms with Crippen LogP contribution >= 0.6 is 0 Å². The third-order valence-corrected chi connectivity index (χ3v) is 6.58. The van der Waals surface area contributed by atoms with Gasteiger partial charge in [0, 0.05) is 32.4 Å². The second-order valence-electron chi connectivity index (χ2n) is 6.62. The highest BCUT2D eigenvalue weighted by atomic mass is 32.2. The van der Waals surface area contributed by atoms with E-state index < -0.39 is 9.84 Å². The molecule has 3 rings (SSSR count). The van der Waals surface area contributed by atoms with Gasteiger partial charge in [-0.15, -0.1) is 0 Å². The van der Waals surface area contributed by atoms with Crippen LogP contribution in [-0.4, -0.2) is 66.9 Å². The molecule has 8 heteroatoms. The summed E-state index contributed by atoms with van der Waals surface area (Å²) in [4.78, 5) is 25.1. The molecule has 0 radical (unpaired) electrons. The summed E-state index contributed by atoms with van der Waals surface area (Å²) in [6.07, 6.45) is 6.76. The van der Waals surface area contributed by atoms with Crippen LogP contribution in [0.4, 0.5) is 5.95 Å². The number of sulfone groups is 1. The molecule has 2 aliphatic rings. The van der Waals surface area contributed by atoms with Gasteiger partial charge in [-0.05, 0) is 25.3 Å². The molecule has 1 aromatic heterocycles. The molecule has 0 aliphatic carbocycles. The third kappa shape index (κ3) is 3.85. The summed E-state index contributed by atoms with van der Waals surface area (Å²) >= 11 is 0. The van der Waals surface area contributed by atoms with Crippen LogP contribution in [0.2, 0.25) is 0 Å². The van der Waals surface area contributed by atoms with E-state index in [2.05, 4.69) is 14.9 Å². The smallest absolute Gasteiger partial charge is 0.272 e. The van der Waals surface area contributed by atoms with Crippen molar-refractivity contribution in [2.75, 3.05) is 36.5 Å². The molecule has 1 unspecified atom stereocenters. The van der Waals surface area contributed by atoms with Gasteiger partial charge in [-0.2, -0.15) is 0 Å². The van der Waals surface area contributed by atoms with Gasteiger partial charge in [0.15, 0.2) is 9.84 Å². The lowest BCUT2D eigenvalue weighted by atomic mass is 10.2. The van der Waals surface area contributed by atoms with E-state index in [0.29, 0.717) is 18.1 Å². The fraction of sp³-hybridized carbons (Fsp3) is 0.688. The molecule has 132 valence electrons. The maximum atomic E-state index is 12.7. The molecule has 3 heterocycles. The number of carbonyl (C=O) groups excluding carboxylic acids is 1. The predicted octanol–water partition coefficient (Wildman–Crippen LogP) is 1.12. The summed E-state index contributed by atoms with van der Waals surface area (Å²) in [7, 11) is -1.37. The molecule has 24 heavy (non-hydrogen) atoms. The summed E-state index contributed by atoms with van der Waals surface area (Å²) in [6.45, 7) is 1.82. The summed E-state index contributed by atoms with van der Waals surface area (Å²) in [5.41, 5.74) is 0.330. The topological polar surface area (TPSA) is 83.5 Å². The van der Waals surface area contributed by atoms with E-state index in [0.717, 1.165) is 25.9 Å². The van der Waals surface area contributed by atoms with E-state index >= 15 is 0 Å². The van der Waals surface area contributed by atoms with E-state index in [1.54, 1.807) is 19.3 Å². The summed E-state index contributed by atoms with van der Waals surface area (Å²) in [5, 5.41) is 0. The van der Waals surface area contributed by atoms with Gasteiger partial charge in [-0.3, -0.25) is 4.79 Å². The Morgan fingerprint density at radius 3 is 2.58 bits per heavy atom. The Morgan fingerprint density at radius 2 is 1.96 bits per heavy atom. The van der Waals surface area contributed by atoms with Crippen molar-refractivity contribution in [2.45, 2.75) is 38.1 Å². The first-order valence-corrected chi connectivity index (χ1v) is 10.3. The number of nitrogens with zero attached hydrogens (tertiary/aromatic N) is 4. The van der Waals surface area contributed by atoms with Crippen LogP contribution in [0.25, 0.3) is 0 Å². The van der Waals surface area contributed by atoms with E-state index in [4.69, 9.17) is 0 Å². The first kappa shape index (κ1) is 17.1. The molecule has 7 nitrogen and oxygen atoms in total. The van der Waals surface area contributed by atoms with Crippen molar-refractivity contribution in [3.63, 3.8) is 0 Å². The van der Waals surface area contributed by atoms with Crippen molar-refractivity contribution < 1.29 is 13.2 Å². The van der Waals surface area contributed by atoms with Gasteiger partial charge in [0.25, 0.3) is 5.91 Å². The average Bonchev–Trinajstić information content (AvgIpc) is 2.79. The van der Waals surface area contributed by atoms with Crippen molar-refractivity contribution in [1.29, 1.82) is 0 Å². The highest BCUT2D eigenvalue weighted by molar-refractivity contribution is 7.91. The Bertz CT molecular complexity index is 699. The summed E-state index contributed by atoms with van der Waals surface area (Å²) < 4.78 is 23.3. The van der Waals surface area contributed by atoms with Crippen LogP contribution in [0.1, 0.15) is 42.6 Å². The monoisotopic (exact) mass is 352 g/mol. The maximum Gasteiger partial charge on any atom is 0.272 e. The van der Waals surface area contributed by atoms with Gasteiger partial charge >= 0.3 is 0 Å². The fourth-order valence-corrected chi connectivity index (χ4v) is 5.09. The normalized spacial score (nSPS) is 23.7. The first-order chi connectivity index (χ1) is 11.5. The number of hydrogen-bond donors (Lipinski definition) is 0. The molecular formula is C16H24N4O3S. The Balaban J connectivity index is 1.74. The predicted molar refractivity (Wildman–Crippen MR) is 91.9 cm³/mol. The van der Waals surface area contributed by atoms with Crippen molar-refractivity contribution in [1.82, 2.24) is 14.9 Å². The average molecular weight is 352 g/mol. The number of carbonyl (C=O) groups is 1. The standard InChI is InChI=1S/C16H24N4O3S/c1-19(13-7-11-24(22,23)12-13)15(21)14-6-8-17-16(18-14)20-9-4-2-3-5-10-20/h6,8,13H,2-5,7,9-12H2,1H3. The lowest BCUT2D eigenvalue weighted by Gasteiger charge is -2.24. The van der Waals surface area contributed by atoms with Crippen LogP contribution in [0, 0.1) is 0 Å². The molecule has 2 aliphatic heterocycles. The number of amides is 1. The maximum absolute atomic E-state index is 12.7. The van der Waals surface area contributed by atoms with Crippen LogP contribution < -0.4 is 4.90 Å². The van der Waals surface area contributed by atoms with Crippen molar-refractivity contribution >= 4 is 21.7 Å². The van der Waals surface area contributed by atoms with E-state index in [-0.39, 0.29) is 23.5 Å². The Hall–Kier alpha value is -1.70. The van der Waals surface area contributed by atoms with Crippen LogP contribution in [-0.2, 0) is 9.84 Å². The molecule has 1 amide bonds. The first-order valence-electron chi connectivity index (χ1n) is 8.52. The molecule has 2 fully saturated rings. The van der Waals surface area contributed by atoms with Crippen molar-refractivity contribution in [3.8, 4) is 0 Å². The van der Waals surface area contributed by atoms with Gasteiger partial charge in [-0.25, -0.2) is 18.4 Å². The zero-order valence-electron chi connectivity index (χ0n) is 14.0. The minimum atomic E-state index is -3.02. The molecule has 1 atom stereocenters. The SMILES string of the molecule is CN(C(=O)c1ccnc(N2CCCCCC2)n1)C1CCS(=O)(=O)C1. The Kier molecular flexibility index (Phi) is 5.03. The second-order valence-corrected chi connectivity index (χ2v) is 8.84. The summed E-state index contributed by atoms with van der Waals surface area (Å²) in [6, 6.07) is 1.34. The number of anilines is 1. The summed E-state index contributed by atoms with van der Waals surface area (Å²) in [5.74, 6) is 0.544. The molecule has 0 bridgehead atoms. The Labute approximate surface area is 143 Å². The molecule has 0 aromatic carbocycles. The molecule has 2 saturated heterocycles. The van der Waals surface area contributed by atoms with Gasteiger partial charge in [0.05, 0.1) is 11.5 Å². The number of hydrogen-bond acceptors (Lipinski definition) is 6. The minimum absolute atomic E-state index is 0.0410. The van der Waals surface area contributed by atoms with Crippen LogP contribution in [0.15, 0.2) is 12.3 Å². The zero-order valence-corrected chi connectivity index (χ0v) is 14.8. The van der Waals surface area contributed by atoms with Gasteiger partial charge in [0.1, 0.15) is 5.69 Å². The lowest BCUT2D eigenvalue weighted by molar-refractivity contribution is 0.0741. The Morgan fingerprint density at radius 1 is 1.25 bits per heavy atom. The van der Waals surface area contributed by atoms with E-state index in [1.165, 1.54) is 17.7 Å². The molecule has 0 spiro atoms. The molecule has 1 aromatic rings. The van der Waals surface area contributed by atoms with Crippen LogP contribution in [0.5, 0.6) is 0 Å². The van der Waals surface area contributed by atoms with E-state index in [1.807, 2.05) is 0 Å². The van der Waals surface area contributed by atoms with Crippen molar-refractivity contribution in [2.24, 2.45) is 0 Å². The lowest BCUT2D eigenvalue weighted by Crippen LogP contribution is -2.38.